The molecule has 0 radical (unpaired) electrons. The highest BCUT2D eigenvalue weighted by Gasteiger charge is 2.19. The van der Waals surface area contributed by atoms with Crippen LogP contribution >= 0.6 is 0 Å². The SMILES string of the molecule is CNS(=O)(=O)c1ccc(C(=O)NCCOc2cccc(C)c2)o1. The maximum Gasteiger partial charge on any atom is 0.287 e. The molecule has 0 aliphatic rings. The first kappa shape index (κ1) is 17.0. The molecule has 2 rings (SSSR count). The predicted octanol–water partition coefficient (Wildman–Crippen LogP) is 1.30. The van der Waals surface area contributed by atoms with E-state index in [4.69, 9.17) is 9.15 Å². The molecule has 1 aromatic carbocycles. The molecule has 0 fully saturated rings. The van der Waals surface area contributed by atoms with Crippen molar-refractivity contribution in [3.05, 3.63) is 47.7 Å². The van der Waals surface area contributed by atoms with Crippen molar-refractivity contribution in [1.82, 2.24) is 10.0 Å². The van der Waals surface area contributed by atoms with Gasteiger partial charge in [-0.2, -0.15) is 0 Å². The molecule has 2 aromatic rings. The fourth-order valence-electron chi connectivity index (χ4n) is 1.81. The van der Waals surface area contributed by atoms with Crippen molar-refractivity contribution in [1.29, 1.82) is 0 Å². The number of hydrogen-bond donors (Lipinski definition) is 2. The summed E-state index contributed by atoms with van der Waals surface area (Å²) in [7, 11) is -2.43. The summed E-state index contributed by atoms with van der Waals surface area (Å²) < 4.78 is 35.7. The van der Waals surface area contributed by atoms with Crippen LogP contribution in [0.4, 0.5) is 0 Å². The summed E-state index contributed by atoms with van der Waals surface area (Å²) in [6.45, 7) is 2.52. The summed E-state index contributed by atoms with van der Waals surface area (Å²) in [4.78, 5) is 11.9. The number of benzene rings is 1. The van der Waals surface area contributed by atoms with E-state index in [1.54, 1.807) is 0 Å². The van der Waals surface area contributed by atoms with E-state index >= 15 is 0 Å². The van der Waals surface area contributed by atoms with Crippen molar-refractivity contribution < 1.29 is 22.4 Å². The number of carbonyl (C=O) groups excluding carboxylic acids is 1. The van der Waals surface area contributed by atoms with E-state index in [0.29, 0.717) is 0 Å². The Balaban J connectivity index is 1.83. The van der Waals surface area contributed by atoms with Crippen molar-refractivity contribution in [3.63, 3.8) is 0 Å². The number of hydrogen-bond acceptors (Lipinski definition) is 5. The highest BCUT2D eigenvalue weighted by atomic mass is 32.2. The molecule has 1 aromatic heterocycles. The lowest BCUT2D eigenvalue weighted by atomic mass is 10.2. The van der Waals surface area contributed by atoms with Crippen LogP contribution < -0.4 is 14.8 Å². The number of ether oxygens (including phenoxy) is 1. The molecule has 2 N–H and O–H groups in total. The molecular formula is C15H18N2O5S. The molecule has 0 unspecified atom stereocenters. The quantitative estimate of drug-likeness (QED) is 0.742. The molecule has 0 spiro atoms. The van der Waals surface area contributed by atoms with Crippen LogP contribution in [0.5, 0.6) is 5.75 Å². The van der Waals surface area contributed by atoms with Gasteiger partial charge in [0, 0.05) is 0 Å². The van der Waals surface area contributed by atoms with Gasteiger partial charge in [0.05, 0.1) is 6.54 Å². The number of nitrogens with one attached hydrogen (secondary N) is 2. The van der Waals surface area contributed by atoms with Crippen molar-refractivity contribution in [2.45, 2.75) is 12.0 Å². The average molecular weight is 338 g/mol. The Morgan fingerprint density at radius 2 is 2.04 bits per heavy atom. The van der Waals surface area contributed by atoms with Gasteiger partial charge in [-0.05, 0) is 43.8 Å². The molecule has 0 aliphatic carbocycles. The highest BCUT2D eigenvalue weighted by molar-refractivity contribution is 7.89. The number of amides is 1. The van der Waals surface area contributed by atoms with Crippen LogP contribution in [0.25, 0.3) is 0 Å². The zero-order valence-electron chi connectivity index (χ0n) is 12.8. The standard InChI is InChI=1S/C15H18N2O5S/c1-11-4-3-5-12(10-11)21-9-8-17-15(18)13-6-7-14(22-13)23(19,20)16-2/h3-7,10,16H,8-9H2,1-2H3,(H,17,18). The average Bonchev–Trinajstić information content (AvgIpc) is 3.02. The number of furan rings is 1. The summed E-state index contributed by atoms with van der Waals surface area (Å²) in [5.41, 5.74) is 1.08. The molecule has 0 bridgehead atoms. The van der Waals surface area contributed by atoms with E-state index in [-0.39, 0.29) is 24.0 Å². The third kappa shape index (κ3) is 4.57. The Labute approximate surface area is 134 Å². The maximum absolute atomic E-state index is 11.9. The highest BCUT2D eigenvalue weighted by Crippen LogP contribution is 2.13. The normalized spacial score (nSPS) is 11.2. The fraction of sp³-hybridized carbons (Fsp3) is 0.267. The third-order valence-corrected chi connectivity index (χ3v) is 4.27. The van der Waals surface area contributed by atoms with Crippen molar-refractivity contribution in [3.8, 4) is 5.75 Å². The van der Waals surface area contributed by atoms with E-state index < -0.39 is 15.9 Å². The Hall–Kier alpha value is -2.32. The first-order chi connectivity index (χ1) is 10.9. The van der Waals surface area contributed by atoms with Gasteiger partial charge in [-0.3, -0.25) is 4.79 Å². The van der Waals surface area contributed by atoms with Gasteiger partial charge < -0.3 is 14.5 Å². The van der Waals surface area contributed by atoms with Gasteiger partial charge in [-0.15, -0.1) is 0 Å². The van der Waals surface area contributed by atoms with Gasteiger partial charge in [-0.25, -0.2) is 13.1 Å². The Morgan fingerprint density at radius 1 is 1.26 bits per heavy atom. The van der Waals surface area contributed by atoms with Crippen LogP contribution in [0.15, 0.2) is 45.9 Å². The van der Waals surface area contributed by atoms with Crippen LogP contribution in [0.2, 0.25) is 0 Å². The topological polar surface area (TPSA) is 97.6 Å². The van der Waals surface area contributed by atoms with Crippen LogP contribution in [0.1, 0.15) is 16.1 Å². The monoisotopic (exact) mass is 338 g/mol. The number of aryl methyl sites for hydroxylation is 1. The minimum Gasteiger partial charge on any atom is -0.492 e. The minimum absolute atomic E-state index is 0.0746. The van der Waals surface area contributed by atoms with Crippen molar-refractivity contribution >= 4 is 15.9 Å². The summed E-state index contributed by atoms with van der Waals surface area (Å²) >= 11 is 0. The van der Waals surface area contributed by atoms with Crippen LogP contribution in [0, 0.1) is 6.92 Å². The van der Waals surface area contributed by atoms with Crippen molar-refractivity contribution in [2.24, 2.45) is 0 Å². The lowest BCUT2D eigenvalue weighted by molar-refractivity contribution is 0.0914. The second-order valence-corrected chi connectivity index (χ2v) is 6.56. The van der Waals surface area contributed by atoms with Gasteiger partial charge in [0.1, 0.15) is 12.4 Å². The summed E-state index contributed by atoms with van der Waals surface area (Å²) in [5, 5.41) is 2.29. The lowest BCUT2D eigenvalue weighted by Crippen LogP contribution is -2.27. The van der Waals surface area contributed by atoms with Gasteiger partial charge in [-0.1, -0.05) is 12.1 Å². The zero-order chi connectivity index (χ0) is 16.9. The maximum atomic E-state index is 11.9. The second-order valence-electron chi connectivity index (χ2n) is 4.75. The Kier molecular flexibility index (Phi) is 5.41. The van der Waals surface area contributed by atoms with Crippen LogP contribution in [0.3, 0.4) is 0 Å². The summed E-state index contributed by atoms with van der Waals surface area (Å²) in [6.07, 6.45) is 0. The van der Waals surface area contributed by atoms with E-state index in [1.807, 2.05) is 31.2 Å². The third-order valence-electron chi connectivity index (χ3n) is 2.98. The molecular weight excluding hydrogens is 320 g/mol. The summed E-state index contributed by atoms with van der Waals surface area (Å²) in [6, 6.07) is 10.1. The first-order valence-corrected chi connectivity index (χ1v) is 8.42. The van der Waals surface area contributed by atoms with Crippen LogP contribution in [-0.4, -0.2) is 34.5 Å². The zero-order valence-corrected chi connectivity index (χ0v) is 13.6. The molecule has 8 heteroatoms. The van der Waals surface area contributed by atoms with E-state index in [2.05, 4.69) is 10.0 Å². The van der Waals surface area contributed by atoms with Gasteiger partial charge in [0.2, 0.25) is 5.09 Å². The van der Waals surface area contributed by atoms with E-state index in [0.717, 1.165) is 11.3 Å². The largest absolute Gasteiger partial charge is 0.492 e. The number of sulfonamides is 1. The predicted molar refractivity (Wildman–Crippen MR) is 84.0 cm³/mol. The Morgan fingerprint density at radius 3 is 2.74 bits per heavy atom. The molecule has 0 saturated carbocycles. The molecule has 7 nitrogen and oxygen atoms in total. The number of carbonyl (C=O) groups is 1. The molecule has 0 aliphatic heterocycles. The molecule has 124 valence electrons. The van der Waals surface area contributed by atoms with E-state index in [1.165, 1.54) is 19.2 Å². The number of rotatable bonds is 7. The summed E-state index contributed by atoms with van der Waals surface area (Å²) in [5.74, 6) is 0.143. The van der Waals surface area contributed by atoms with E-state index in [9.17, 15) is 13.2 Å². The van der Waals surface area contributed by atoms with Crippen LogP contribution in [-0.2, 0) is 10.0 Å². The van der Waals surface area contributed by atoms with Gasteiger partial charge >= 0.3 is 0 Å². The minimum atomic E-state index is -3.70. The first-order valence-electron chi connectivity index (χ1n) is 6.93. The van der Waals surface area contributed by atoms with Crippen molar-refractivity contribution in [2.75, 3.05) is 20.2 Å². The molecule has 1 amide bonds. The lowest BCUT2D eigenvalue weighted by Gasteiger charge is -2.07. The smallest absolute Gasteiger partial charge is 0.287 e. The Bertz CT molecular complexity index is 783. The molecule has 0 saturated heterocycles. The second kappa shape index (κ2) is 7.30. The molecule has 0 atom stereocenters. The van der Waals surface area contributed by atoms with Gasteiger partial charge in [0.15, 0.2) is 5.76 Å². The van der Waals surface area contributed by atoms with Gasteiger partial charge in [0.25, 0.3) is 15.9 Å². The molecule has 1 heterocycles. The fourth-order valence-corrected chi connectivity index (χ4v) is 2.46. The molecule has 23 heavy (non-hydrogen) atoms.